The highest BCUT2D eigenvalue weighted by molar-refractivity contribution is 5.80. The van der Waals surface area contributed by atoms with Gasteiger partial charge in [0.05, 0.1) is 19.3 Å². The smallest absolute Gasteiger partial charge is 0.308 e. The number of nitrogens with zero attached hydrogens (tertiary/aromatic N) is 2. The van der Waals surface area contributed by atoms with E-state index in [-0.39, 0.29) is 11.9 Å². The molecule has 2 rings (SSSR count). The fourth-order valence-electron chi connectivity index (χ4n) is 2.47. The van der Waals surface area contributed by atoms with Gasteiger partial charge in [-0.05, 0) is 31.9 Å². The van der Waals surface area contributed by atoms with Crippen molar-refractivity contribution < 1.29 is 13.9 Å². The minimum absolute atomic E-state index is 0.0131. The molecule has 21 heavy (non-hydrogen) atoms. The first-order valence-corrected chi connectivity index (χ1v) is 7.38. The first kappa shape index (κ1) is 15.4. The lowest BCUT2D eigenvalue weighted by atomic mass is 9.97. The van der Waals surface area contributed by atoms with E-state index in [0.717, 1.165) is 44.2 Å². The van der Waals surface area contributed by atoms with Crippen molar-refractivity contribution in [3.8, 4) is 0 Å². The van der Waals surface area contributed by atoms with Gasteiger partial charge in [0.25, 0.3) is 0 Å². The number of guanidine groups is 1. The third-order valence-corrected chi connectivity index (χ3v) is 3.63. The first-order valence-electron chi connectivity index (χ1n) is 7.38. The number of esters is 1. The van der Waals surface area contributed by atoms with Crippen LogP contribution in [0.2, 0.25) is 0 Å². The van der Waals surface area contributed by atoms with Crippen molar-refractivity contribution >= 4 is 11.9 Å². The van der Waals surface area contributed by atoms with Gasteiger partial charge in [-0.3, -0.25) is 4.79 Å². The summed E-state index contributed by atoms with van der Waals surface area (Å²) in [5.74, 6) is 1.62. The van der Waals surface area contributed by atoms with Crippen LogP contribution >= 0.6 is 0 Å². The van der Waals surface area contributed by atoms with E-state index in [0.29, 0.717) is 6.54 Å². The molecular weight excluding hydrogens is 270 g/mol. The lowest BCUT2D eigenvalue weighted by Gasteiger charge is -2.33. The largest absolute Gasteiger partial charge is 0.469 e. The van der Waals surface area contributed by atoms with Crippen molar-refractivity contribution in [2.75, 3.05) is 26.7 Å². The number of aliphatic imine (C=N–C) groups is 1. The monoisotopic (exact) mass is 293 g/mol. The van der Waals surface area contributed by atoms with Gasteiger partial charge in [0, 0.05) is 19.6 Å². The Bertz CT molecular complexity index is 463. The predicted molar refractivity (Wildman–Crippen MR) is 79.8 cm³/mol. The van der Waals surface area contributed by atoms with Crippen molar-refractivity contribution in [1.82, 2.24) is 10.2 Å². The van der Waals surface area contributed by atoms with Crippen LogP contribution in [0.5, 0.6) is 0 Å². The number of hydrogen-bond donors (Lipinski definition) is 1. The molecule has 1 aliphatic heterocycles. The lowest BCUT2D eigenvalue weighted by molar-refractivity contribution is -0.146. The second-order valence-electron chi connectivity index (χ2n) is 5.03. The van der Waals surface area contributed by atoms with Crippen LogP contribution in [0.4, 0.5) is 0 Å². The molecule has 2 heterocycles. The zero-order chi connectivity index (χ0) is 15.1. The van der Waals surface area contributed by atoms with Crippen LogP contribution in [-0.2, 0) is 16.1 Å². The predicted octanol–water partition coefficient (Wildman–Crippen LogP) is 1.63. The van der Waals surface area contributed by atoms with Gasteiger partial charge in [-0.2, -0.15) is 0 Å². The summed E-state index contributed by atoms with van der Waals surface area (Å²) in [6.45, 7) is 5.00. The SMILES string of the molecule is CCNC(=NCc1ccco1)N1CCC(C(=O)OC)CC1. The maximum atomic E-state index is 11.6. The topological polar surface area (TPSA) is 67.1 Å². The second-order valence-corrected chi connectivity index (χ2v) is 5.03. The Morgan fingerprint density at radius 2 is 2.29 bits per heavy atom. The molecule has 0 saturated carbocycles. The second kappa shape index (κ2) is 7.71. The fraction of sp³-hybridized carbons (Fsp3) is 0.600. The number of furan rings is 1. The molecule has 6 nitrogen and oxygen atoms in total. The summed E-state index contributed by atoms with van der Waals surface area (Å²) >= 11 is 0. The summed E-state index contributed by atoms with van der Waals surface area (Å²) in [5.41, 5.74) is 0. The van der Waals surface area contributed by atoms with Crippen molar-refractivity contribution in [2.24, 2.45) is 10.9 Å². The molecule has 0 amide bonds. The highest BCUT2D eigenvalue weighted by Gasteiger charge is 2.26. The van der Waals surface area contributed by atoms with E-state index in [9.17, 15) is 4.79 Å². The number of carbonyl (C=O) groups is 1. The lowest BCUT2D eigenvalue weighted by Crippen LogP contribution is -2.46. The molecule has 6 heteroatoms. The van der Waals surface area contributed by atoms with Crippen LogP contribution in [0.1, 0.15) is 25.5 Å². The van der Waals surface area contributed by atoms with Gasteiger partial charge in [0.1, 0.15) is 12.3 Å². The molecule has 1 saturated heterocycles. The van der Waals surface area contributed by atoms with Crippen LogP contribution in [-0.4, -0.2) is 43.6 Å². The van der Waals surface area contributed by atoms with Crippen molar-refractivity contribution in [2.45, 2.75) is 26.3 Å². The van der Waals surface area contributed by atoms with Gasteiger partial charge in [0.2, 0.25) is 0 Å². The highest BCUT2D eigenvalue weighted by atomic mass is 16.5. The Hall–Kier alpha value is -1.98. The van der Waals surface area contributed by atoms with Gasteiger partial charge in [-0.1, -0.05) is 0 Å². The Kier molecular flexibility index (Phi) is 5.66. The minimum atomic E-state index is -0.104. The summed E-state index contributed by atoms with van der Waals surface area (Å²) < 4.78 is 10.1. The summed E-state index contributed by atoms with van der Waals surface area (Å²) in [7, 11) is 1.45. The zero-order valence-electron chi connectivity index (χ0n) is 12.7. The molecule has 1 N–H and O–H groups in total. The van der Waals surface area contributed by atoms with Gasteiger partial charge >= 0.3 is 5.97 Å². The van der Waals surface area contributed by atoms with E-state index in [4.69, 9.17) is 9.15 Å². The van der Waals surface area contributed by atoms with Crippen LogP contribution < -0.4 is 5.32 Å². The molecule has 0 bridgehead atoms. The van der Waals surface area contributed by atoms with Gasteiger partial charge in [-0.15, -0.1) is 0 Å². The molecule has 0 atom stereocenters. The van der Waals surface area contributed by atoms with Gasteiger partial charge < -0.3 is 19.4 Å². The number of piperidine rings is 1. The first-order chi connectivity index (χ1) is 10.2. The Balaban J connectivity index is 1.93. The Morgan fingerprint density at radius 1 is 1.52 bits per heavy atom. The average Bonchev–Trinajstić information content (AvgIpc) is 3.04. The maximum absolute atomic E-state index is 11.6. The minimum Gasteiger partial charge on any atom is -0.469 e. The molecule has 0 spiro atoms. The molecule has 0 aliphatic carbocycles. The third kappa shape index (κ3) is 4.24. The Morgan fingerprint density at radius 3 is 2.86 bits per heavy atom. The summed E-state index contributed by atoms with van der Waals surface area (Å²) in [4.78, 5) is 18.3. The average molecular weight is 293 g/mol. The third-order valence-electron chi connectivity index (χ3n) is 3.63. The van der Waals surface area contributed by atoms with E-state index in [1.165, 1.54) is 7.11 Å². The number of carbonyl (C=O) groups excluding carboxylic acids is 1. The normalized spacial score (nSPS) is 16.9. The van der Waals surface area contributed by atoms with Gasteiger partial charge in [0.15, 0.2) is 5.96 Å². The highest BCUT2D eigenvalue weighted by Crippen LogP contribution is 2.18. The quantitative estimate of drug-likeness (QED) is 0.519. The number of hydrogen-bond acceptors (Lipinski definition) is 4. The van der Waals surface area contributed by atoms with E-state index in [2.05, 4.69) is 15.2 Å². The Labute approximate surface area is 125 Å². The number of rotatable bonds is 4. The van der Waals surface area contributed by atoms with E-state index in [1.807, 2.05) is 19.1 Å². The fourth-order valence-corrected chi connectivity index (χ4v) is 2.47. The van der Waals surface area contributed by atoms with Crippen LogP contribution in [0.15, 0.2) is 27.8 Å². The summed E-state index contributed by atoms with van der Waals surface area (Å²) in [6.07, 6.45) is 3.26. The summed E-state index contributed by atoms with van der Waals surface area (Å²) in [6, 6.07) is 3.77. The molecule has 0 radical (unpaired) electrons. The molecule has 116 valence electrons. The number of likely N-dealkylation sites (tertiary alicyclic amines) is 1. The van der Waals surface area contributed by atoms with E-state index < -0.39 is 0 Å². The molecular formula is C15H23N3O3. The molecule has 1 aliphatic rings. The van der Waals surface area contributed by atoms with E-state index in [1.54, 1.807) is 6.26 Å². The van der Waals surface area contributed by atoms with E-state index >= 15 is 0 Å². The van der Waals surface area contributed by atoms with Crippen LogP contribution in [0, 0.1) is 5.92 Å². The van der Waals surface area contributed by atoms with Crippen molar-refractivity contribution in [3.05, 3.63) is 24.2 Å². The number of ether oxygens (including phenoxy) is 1. The van der Waals surface area contributed by atoms with Crippen molar-refractivity contribution in [1.29, 1.82) is 0 Å². The standard InChI is InChI=1S/C15H23N3O3/c1-3-16-15(17-11-13-5-4-10-21-13)18-8-6-12(7-9-18)14(19)20-2/h4-5,10,12H,3,6-9,11H2,1-2H3,(H,16,17). The number of nitrogens with one attached hydrogen (secondary N) is 1. The molecule has 1 aromatic heterocycles. The van der Waals surface area contributed by atoms with Crippen molar-refractivity contribution in [3.63, 3.8) is 0 Å². The maximum Gasteiger partial charge on any atom is 0.308 e. The summed E-state index contributed by atoms with van der Waals surface area (Å²) in [5, 5.41) is 3.29. The zero-order valence-corrected chi connectivity index (χ0v) is 12.7. The molecule has 0 unspecified atom stereocenters. The van der Waals surface area contributed by atoms with Crippen LogP contribution in [0.3, 0.4) is 0 Å². The number of methoxy groups -OCH3 is 1. The van der Waals surface area contributed by atoms with Crippen LogP contribution in [0.25, 0.3) is 0 Å². The van der Waals surface area contributed by atoms with Gasteiger partial charge in [-0.25, -0.2) is 4.99 Å². The molecule has 1 fully saturated rings. The molecule has 0 aromatic carbocycles. The molecule has 1 aromatic rings.